The van der Waals surface area contributed by atoms with Gasteiger partial charge in [0.05, 0.1) is 10.3 Å². The van der Waals surface area contributed by atoms with Gasteiger partial charge in [-0.3, -0.25) is 9.59 Å². The topological polar surface area (TPSA) is 99.1 Å². The fraction of sp³-hybridized carbons (Fsp3) is 0.0625. The number of carbonyl (C=O) groups excluding carboxylic acids is 2. The van der Waals surface area contributed by atoms with E-state index in [0.29, 0.717) is 22.3 Å². The van der Waals surface area contributed by atoms with E-state index in [0.717, 1.165) is 15.1 Å². The van der Waals surface area contributed by atoms with Gasteiger partial charge in [-0.2, -0.15) is 0 Å². The number of ketones is 1. The lowest BCUT2D eigenvalue weighted by Gasteiger charge is -1.99. The van der Waals surface area contributed by atoms with Crippen LogP contribution in [0.5, 0.6) is 0 Å². The number of thiophene rings is 1. The summed E-state index contributed by atoms with van der Waals surface area (Å²) in [6, 6.07) is 9.18. The summed E-state index contributed by atoms with van der Waals surface area (Å²) in [4.78, 5) is 27.8. The summed E-state index contributed by atoms with van der Waals surface area (Å²) in [5.41, 5.74) is 13.2. The Morgan fingerprint density at radius 3 is 2.45 bits per heavy atom. The Labute approximate surface area is 130 Å². The molecule has 0 fully saturated rings. The Bertz CT molecular complexity index is 898. The van der Waals surface area contributed by atoms with Crippen LogP contribution in [0.3, 0.4) is 0 Å². The van der Waals surface area contributed by atoms with E-state index in [4.69, 9.17) is 11.5 Å². The SMILES string of the molecule is CC(=O)c1ccc(-c2cc3c(N)ncc(C(N)=O)c3s2)cc1. The van der Waals surface area contributed by atoms with Gasteiger partial charge in [-0.1, -0.05) is 24.3 Å². The summed E-state index contributed by atoms with van der Waals surface area (Å²) in [6.07, 6.45) is 1.40. The van der Waals surface area contributed by atoms with Crippen LogP contribution in [0, 0.1) is 0 Å². The summed E-state index contributed by atoms with van der Waals surface area (Å²) >= 11 is 1.43. The third-order valence-corrected chi connectivity index (χ3v) is 4.64. The van der Waals surface area contributed by atoms with Gasteiger partial charge in [-0.15, -0.1) is 11.3 Å². The van der Waals surface area contributed by atoms with Crippen molar-refractivity contribution in [2.75, 3.05) is 5.73 Å². The predicted octanol–water partition coefficient (Wildman–Crippen LogP) is 2.85. The lowest BCUT2D eigenvalue weighted by molar-refractivity contribution is 0.0997. The van der Waals surface area contributed by atoms with Crippen molar-refractivity contribution >= 4 is 38.9 Å². The molecule has 6 heteroatoms. The Morgan fingerprint density at radius 1 is 1.18 bits per heavy atom. The fourth-order valence-corrected chi connectivity index (χ4v) is 3.42. The van der Waals surface area contributed by atoms with Crippen LogP contribution in [0.2, 0.25) is 0 Å². The zero-order valence-corrected chi connectivity index (χ0v) is 12.6. The number of Topliss-reactive ketones (excluding diaryl/α,β-unsaturated/α-hetero) is 1. The minimum absolute atomic E-state index is 0.0207. The number of fused-ring (bicyclic) bond motifs is 1. The Morgan fingerprint density at radius 2 is 1.86 bits per heavy atom. The molecular weight excluding hydrogens is 298 g/mol. The molecule has 22 heavy (non-hydrogen) atoms. The fourth-order valence-electron chi connectivity index (χ4n) is 2.23. The molecule has 2 aromatic heterocycles. The zero-order valence-electron chi connectivity index (χ0n) is 11.8. The van der Waals surface area contributed by atoms with Gasteiger partial charge in [0.1, 0.15) is 5.82 Å². The second kappa shape index (κ2) is 5.23. The number of rotatable bonds is 3. The molecule has 0 aliphatic heterocycles. The van der Waals surface area contributed by atoms with Crippen LogP contribution in [0.15, 0.2) is 36.5 Å². The maximum atomic E-state index is 11.5. The number of hydrogen-bond donors (Lipinski definition) is 2. The van der Waals surface area contributed by atoms with Gasteiger partial charge in [0.2, 0.25) is 0 Å². The third-order valence-electron chi connectivity index (χ3n) is 3.43. The molecule has 5 nitrogen and oxygen atoms in total. The average Bonchev–Trinajstić information content (AvgIpc) is 2.93. The number of anilines is 1. The maximum absolute atomic E-state index is 11.5. The Hall–Kier alpha value is -2.73. The minimum atomic E-state index is -0.530. The van der Waals surface area contributed by atoms with Gasteiger partial charge >= 0.3 is 0 Å². The number of benzene rings is 1. The van der Waals surface area contributed by atoms with Crippen molar-refractivity contribution in [2.24, 2.45) is 5.73 Å². The highest BCUT2D eigenvalue weighted by Gasteiger charge is 2.14. The molecule has 0 radical (unpaired) electrons. The van der Waals surface area contributed by atoms with Crippen molar-refractivity contribution in [1.82, 2.24) is 4.98 Å². The van der Waals surface area contributed by atoms with Crippen molar-refractivity contribution in [3.05, 3.63) is 47.7 Å². The first-order valence-electron chi connectivity index (χ1n) is 6.56. The van der Waals surface area contributed by atoms with E-state index in [-0.39, 0.29) is 5.78 Å². The molecule has 1 aromatic carbocycles. The van der Waals surface area contributed by atoms with Crippen LogP contribution in [0.25, 0.3) is 20.5 Å². The first-order valence-corrected chi connectivity index (χ1v) is 7.38. The smallest absolute Gasteiger partial charge is 0.251 e. The third kappa shape index (κ3) is 2.33. The quantitative estimate of drug-likeness (QED) is 0.726. The van der Waals surface area contributed by atoms with Crippen molar-refractivity contribution in [3.63, 3.8) is 0 Å². The van der Waals surface area contributed by atoms with Crippen molar-refractivity contribution in [2.45, 2.75) is 6.92 Å². The molecule has 0 aliphatic carbocycles. The molecule has 0 atom stereocenters. The molecule has 0 saturated heterocycles. The molecule has 110 valence electrons. The van der Waals surface area contributed by atoms with E-state index < -0.39 is 5.91 Å². The highest BCUT2D eigenvalue weighted by atomic mass is 32.1. The van der Waals surface area contributed by atoms with Gasteiger partial charge in [-0.25, -0.2) is 4.98 Å². The van der Waals surface area contributed by atoms with Gasteiger partial charge in [0.25, 0.3) is 5.91 Å². The van der Waals surface area contributed by atoms with E-state index in [1.165, 1.54) is 24.5 Å². The highest BCUT2D eigenvalue weighted by molar-refractivity contribution is 7.22. The predicted molar refractivity (Wildman–Crippen MR) is 88.0 cm³/mol. The van der Waals surface area contributed by atoms with Gasteiger partial charge in [0, 0.05) is 22.0 Å². The molecule has 1 amide bonds. The van der Waals surface area contributed by atoms with Crippen molar-refractivity contribution in [1.29, 1.82) is 0 Å². The number of nitrogens with two attached hydrogens (primary N) is 2. The number of carbonyl (C=O) groups is 2. The average molecular weight is 311 g/mol. The molecule has 3 aromatic rings. The largest absolute Gasteiger partial charge is 0.383 e. The number of nitrogen functional groups attached to an aromatic ring is 1. The van der Waals surface area contributed by atoms with Crippen LogP contribution in [0.4, 0.5) is 5.82 Å². The number of hydrogen-bond acceptors (Lipinski definition) is 5. The molecule has 0 saturated carbocycles. The number of primary amides is 1. The van der Waals surface area contributed by atoms with Gasteiger partial charge in [0.15, 0.2) is 5.78 Å². The van der Waals surface area contributed by atoms with Crippen LogP contribution >= 0.6 is 11.3 Å². The summed E-state index contributed by atoms with van der Waals surface area (Å²) < 4.78 is 0.727. The Kier molecular flexibility index (Phi) is 3.38. The van der Waals surface area contributed by atoms with Crippen LogP contribution in [-0.4, -0.2) is 16.7 Å². The van der Waals surface area contributed by atoms with Gasteiger partial charge < -0.3 is 11.5 Å². The zero-order chi connectivity index (χ0) is 15.9. The van der Waals surface area contributed by atoms with Crippen LogP contribution in [0.1, 0.15) is 27.6 Å². The Balaban J connectivity index is 2.16. The lowest BCUT2D eigenvalue weighted by Crippen LogP contribution is -2.11. The van der Waals surface area contributed by atoms with E-state index >= 15 is 0 Å². The molecule has 0 bridgehead atoms. The molecule has 4 N–H and O–H groups in total. The number of nitrogens with zero attached hydrogens (tertiary/aromatic N) is 1. The van der Waals surface area contributed by atoms with Crippen molar-refractivity contribution in [3.8, 4) is 10.4 Å². The number of pyridine rings is 1. The van der Waals surface area contributed by atoms with E-state index in [9.17, 15) is 9.59 Å². The second-order valence-corrected chi connectivity index (χ2v) is 5.96. The van der Waals surface area contributed by atoms with Crippen LogP contribution in [-0.2, 0) is 0 Å². The molecule has 3 rings (SSSR count). The summed E-state index contributed by atoms with van der Waals surface area (Å²) in [5, 5.41) is 0.715. The second-order valence-electron chi connectivity index (χ2n) is 4.91. The highest BCUT2D eigenvalue weighted by Crippen LogP contribution is 2.37. The molecule has 0 spiro atoms. The normalized spacial score (nSPS) is 10.8. The lowest BCUT2D eigenvalue weighted by atomic mass is 10.1. The van der Waals surface area contributed by atoms with E-state index in [1.807, 2.05) is 18.2 Å². The minimum Gasteiger partial charge on any atom is -0.383 e. The number of aromatic nitrogens is 1. The molecule has 0 unspecified atom stereocenters. The monoisotopic (exact) mass is 311 g/mol. The first-order chi connectivity index (χ1) is 10.5. The standard InChI is InChI=1S/C16H13N3O2S/c1-8(20)9-2-4-10(5-3-9)13-6-11-14(22-13)12(16(18)21)7-19-15(11)17/h2-7H,1H3,(H2,17,19)(H2,18,21). The molecule has 2 heterocycles. The maximum Gasteiger partial charge on any atom is 0.251 e. The van der Waals surface area contributed by atoms with Crippen molar-refractivity contribution < 1.29 is 9.59 Å². The first kappa shape index (κ1) is 14.2. The molecular formula is C16H13N3O2S. The van der Waals surface area contributed by atoms with Crippen LogP contribution < -0.4 is 11.5 Å². The van der Waals surface area contributed by atoms with E-state index in [1.54, 1.807) is 12.1 Å². The molecule has 0 aliphatic rings. The van der Waals surface area contributed by atoms with E-state index in [2.05, 4.69) is 4.98 Å². The summed E-state index contributed by atoms with van der Waals surface area (Å²) in [5.74, 6) is -0.145. The van der Waals surface area contributed by atoms with Gasteiger partial charge in [-0.05, 0) is 18.6 Å². The summed E-state index contributed by atoms with van der Waals surface area (Å²) in [7, 11) is 0. The summed E-state index contributed by atoms with van der Waals surface area (Å²) in [6.45, 7) is 1.53. The number of amides is 1.